The zero-order chi connectivity index (χ0) is 13.8. The first kappa shape index (κ1) is 13.3. The number of hydrogen-bond donors (Lipinski definition) is 2. The Balaban J connectivity index is 2.00. The number of furan rings is 1. The number of carboxylic acids is 1. The first-order chi connectivity index (χ1) is 9.08. The molecule has 0 aliphatic carbocycles. The van der Waals surface area contributed by atoms with E-state index in [-0.39, 0.29) is 17.6 Å². The molecule has 5 heteroatoms. The van der Waals surface area contributed by atoms with Crippen molar-refractivity contribution >= 4 is 5.97 Å². The van der Waals surface area contributed by atoms with Crippen molar-refractivity contribution in [1.82, 2.24) is 5.32 Å². The van der Waals surface area contributed by atoms with Crippen LogP contribution in [0.15, 0.2) is 41.0 Å². The number of hydrogen-bond acceptors (Lipinski definition) is 3. The highest BCUT2D eigenvalue weighted by atomic mass is 19.1. The number of nitrogens with one attached hydrogen (secondary N) is 1. The molecule has 1 heterocycles. The molecule has 1 aromatic heterocycles. The molecule has 100 valence electrons. The Kier molecular flexibility index (Phi) is 3.97. The summed E-state index contributed by atoms with van der Waals surface area (Å²) in [7, 11) is 0. The fourth-order valence-corrected chi connectivity index (χ4v) is 1.79. The Morgan fingerprint density at radius 2 is 2.05 bits per heavy atom. The molecule has 0 saturated heterocycles. The molecule has 0 amide bonds. The number of rotatable bonds is 5. The zero-order valence-electron chi connectivity index (χ0n) is 10.4. The van der Waals surface area contributed by atoms with Gasteiger partial charge in [0.05, 0.1) is 6.26 Å². The second-order valence-electron chi connectivity index (χ2n) is 4.23. The fraction of sp³-hybridized carbons (Fsp3) is 0.214. The molecule has 0 radical (unpaired) electrons. The highest BCUT2D eigenvalue weighted by Gasteiger charge is 2.14. The Bertz CT molecular complexity index is 562. The molecule has 2 N–H and O–H groups in total. The van der Waals surface area contributed by atoms with Crippen LogP contribution in [0.3, 0.4) is 0 Å². The quantitative estimate of drug-likeness (QED) is 0.870. The maximum Gasteiger partial charge on any atom is 0.372 e. The van der Waals surface area contributed by atoms with Crippen LogP contribution in [0.1, 0.15) is 34.6 Å². The van der Waals surface area contributed by atoms with E-state index in [1.54, 1.807) is 18.2 Å². The molecule has 0 saturated carbocycles. The predicted octanol–water partition coefficient (Wildman–Crippen LogP) is 2.97. The van der Waals surface area contributed by atoms with Crippen molar-refractivity contribution in [3.8, 4) is 0 Å². The number of aromatic carboxylic acids is 1. The van der Waals surface area contributed by atoms with Crippen LogP contribution in [0, 0.1) is 5.82 Å². The molecular weight excluding hydrogens is 249 g/mol. The Labute approximate surface area is 109 Å². The van der Waals surface area contributed by atoms with Gasteiger partial charge in [0.2, 0.25) is 5.76 Å². The van der Waals surface area contributed by atoms with Crippen LogP contribution in [0.25, 0.3) is 0 Å². The number of carboxylic acid groups (broad SMARTS) is 1. The molecule has 0 unspecified atom stereocenters. The first-order valence-corrected chi connectivity index (χ1v) is 5.86. The molecule has 4 nitrogen and oxygen atoms in total. The average Bonchev–Trinajstić information content (AvgIpc) is 2.85. The third-order valence-corrected chi connectivity index (χ3v) is 2.91. The standard InChI is InChI=1S/C14H14FNO3/c1-9(10-2-4-12(15)5-3-10)16-8-11-6-7-19-13(11)14(17)18/h2-7,9,16H,8H2,1H3,(H,17,18)/t9-/m1/s1. The maximum atomic E-state index is 12.8. The van der Waals surface area contributed by atoms with Crippen LogP contribution in [0.2, 0.25) is 0 Å². The second kappa shape index (κ2) is 5.67. The summed E-state index contributed by atoms with van der Waals surface area (Å²) in [5.74, 6) is -1.42. The normalized spacial score (nSPS) is 12.3. The van der Waals surface area contributed by atoms with Gasteiger partial charge in [0, 0.05) is 18.2 Å². The lowest BCUT2D eigenvalue weighted by Gasteiger charge is -2.13. The summed E-state index contributed by atoms with van der Waals surface area (Å²) >= 11 is 0. The third-order valence-electron chi connectivity index (χ3n) is 2.91. The number of carbonyl (C=O) groups is 1. The van der Waals surface area contributed by atoms with Gasteiger partial charge in [0.1, 0.15) is 5.82 Å². The van der Waals surface area contributed by atoms with Crippen molar-refractivity contribution in [2.24, 2.45) is 0 Å². The molecule has 1 atom stereocenters. The molecule has 2 aromatic rings. The minimum Gasteiger partial charge on any atom is -0.475 e. The molecule has 0 aliphatic heterocycles. The van der Waals surface area contributed by atoms with E-state index in [0.29, 0.717) is 12.1 Å². The topological polar surface area (TPSA) is 62.5 Å². The third kappa shape index (κ3) is 3.20. The van der Waals surface area contributed by atoms with Crippen molar-refractivity contribution < 1.29 is 18.7 Å². The summed E-state index contributed by atoms with van der Waals surface area (Å²) in [6.45, 7) is 2.30. The molecule has 2 rings (SSSR count). The lowest BCUT2D eigenvalue weighted by Crippen LogP contribution is -2.19. The maximum absolute atomic E-state index is 12.8. The van der Waals surface area contributed by atoms with Crippen LogP contribution >= 0.6 is 0 Å². The van der Waals surface area contributed by atoms with Crippen LogP contribution in [-0.4, -0.2) is 11.1 Å². The van der Waals surface area contributed by atoms with E-state index in [0.717, 1.165) is 5.56 Å². The van der Waals surface area contributed by atoms with Crippen molar-refractivity contribution in [3.05, 3.63) is 59.3 Å². The van der Waals surface area contributed by atoms with E-state index in [9.17, 15) is 9.18 Å². The molecule has 0 aliphatic rings. The van der Waals surface area contributed by atoms with E-state index < -0.39 is 5.97 Å². The summed E-state index contributed by atoms with van der Waals surface area (Å²) < 4.78 is 17.7. The number of halogens is 1. The zero-order valence-corrected chi connectivity index (χ0v) is 10.4. The molecule has 1 aromatic carbocycles. The monoisotopic (exact) mass is 263 g/mol. The Hall–Kier alpha value is -2.14. The van der Waals surface area contributed by atoms with Gasteiger partial charge in [-0.05, 0) is 30.7 Å². The largest absolute Gasteiger partial charge is 0.475 e. The SMILES string of the molecule is C[C@@H](NCc1ccoc1C(=O)O)c1ccc(F)cc1. The van der Waals surface area contributed by atoms with E-state index in [1.165, 1.54) is 18.4 Å². The lowest BCUT2D eigenvalue weighted by atomic mass is 10.1. The van der Waals surface area contributed by atoms with Gasteiger partial charge in [0.25, 0.3) is 0 Å². The molecule has 0 bridgehead atoms. The molecule has 0 fully saturated rings. The highest BCUT2D eigenvalue weighted by Crippen LogP contribution is 2.15. The summed E-state index contributed by atoms with van der Waals surface area (Å²) in [4.78, 5) is 10.9. The van der Waals surface area contributed by atoms with Crippen molar-refractivity contribution in [2.45, 2.75) is 19.5 Å². The first-order valence-electron chi connectivity index (χ1n) is 5.86. The minimum atomic E-state index is -1.09. The highest BCUT2D eigenvalue weighted by molar-refractivity contribution is 5.86. The van der Waals surface area contributed by atoms with Gasteiger partial charge in [-0.1, -0.05) is 12.1 Å². The van der Waals surface area contributed by atoms with Gasteiger partial charge in [-0.3, -0.25) is 0 Å². The van der Waals surface area contributed by atoms with Gasteiger partial charge in [0.15, 0.2) is 0 Å². The van der Waals surface area contributed by atoms with E-state index >= 15 is 0 Å². The summed E-state index contributed by atoms with van der Waals surface area (Å²) in [6.07, 6.45) is 1.35. The second-order valence-corrected chi connectivity index (χ2v) is 4.23. The van der Waals surface area contributed by atoms with Crippen LogP contribution < -0.4 is 5.32 Å². The molecular formula is C14H14FNO3. The number of benzene rings is 1. The van der Waals surface area contributed by atoms with Crippen LogP contribution in [0.5, 0.6) is 0 Å². The van der Waals surface area contributed by atoms with Crippen molar-refractivity contribution in [1.29, 1.82) is 0 Å². The van der Waals surface area contributed by atoms with Crippen molar-refractivity contribution in [3.63, 3.8) is 0 Å². The Morgan fingerprint density at radius 1 is 1.37 bits per heavy atom. The van der Waals surface area contributed by atoms with E-state index in [4.69, 9.17) is 9.52 Å². The molecule has 0 spiro atoms. The predicted molar refractivity (Wildman–Crippen MR) is 67.3 cm³/mol. The van der Waals surface area contributed by atoms with Gasteiger partial charge >= 0.3 is 5.97 Å². The van der Waals surface area contributed by atoms with E-state index in [1.807, 2.05) is 6.92 Å². The Morgan fingerprint density at radius 3 is 2.68 bits per heavy atom. The summed E-state index contributed by atoms with van der Waals surface area (Å²) in [5.41, 5.74) is 1.52. The van der Waals surface area contributed by atoms with E-state index in [2.05, 4.69) is 5.32 Å². The fourth-order valence-electron chi connectivity index (χ4n) is 1.79. The van der Waals surface area contributed by atoms with Gasteiger partial charge in [-0.15, -0.1) is 0 Å². The van der Waals surface area contributed by atoms with Gasteiger partial charge in [-0.2, -0.15) is 0 Å². The van der Waals surface area contributed by atoms with Gasteiger partial charge < -0.3 is 14.8 Å². The summed E-state index contributed by atoms with van der Waals surface area (Å²) in [5, 5.41) is 12.1. The average molecular weight is 263 g/mol. The lowest BCUT2D eigenvalue weighted by molar-refractivity contribution is 0.0660. The van der Waals surface area contributed by atoms with Gasteiger partial charge in [-0.25, -0.2) is 9.18 Å². The van der Waals surface area contributed by atoms with Crippen LogP contribution in [0.4, 0.5) is 4.39 Å². The van der Waals surface area contributed by atoms with Crippen LogP contribution in [-0.2, 0) is 6.54 Å². The molecule has 19 heavy (non-hydrogen) atoms. The van der Waals surface area contributed by atoms with Crippen molar-refractivity contribution in [2.75, 3.05) is 0 Å². The smallest absolute Gasteiger partial charge is 0.372 e. The minimum absolute atomic E-state index is 0.0165. The summed E-state index contributed by atoms with van der Waals surface area (Å²) in [6, 6.07) is 7.79.